The lowest BCUT2D eigenvalue weighted by molar-refractivity contribution is 0.0699. The van der Waals surface area contributed by atoms with Crippen molar-refractivity contribution in [3.8, 4) is 0 Å². The Labute approximate surface area is 90.7 Å². The molecule has 0 aliphatic carbocycles. The summed E-state index contributed by atoms with van der Waals surface area (Å²) in [5.41, 5.74) is 0.303. The number of aromatic nitrogens is 1. The second-order valence-corrected chi connectivity index (χ2v) is 3.85. The van der Waals surface area contributed by atoms with E-state index < -0.39 is 5.97 Å². The van der Waals surface area contributed by atoms with Gasteiger partial charge in [0.2, 0.25) is 0 Å². The predicted molar refractivity (Wildman–Crippen MR) is 60.7 cm³/mol. The summed E-state index contributed by atoms with van der Waals surface area (Å²) in [6, 6.07) is 5.21. The van der Waals surface area contributed by atoms with Crippen LogP contribution in [0.2, 0.25) is 0 Å². The predicted octanol–water partition coefficient (Wildman–Crippen LogP) is 2.43. The third-order valence-electron chi connectivity index (χ3n) is 2.07. The Morgan fingerprint density at radius 3 is 3.07 bits per heavy atom. The van der Waals surface area contributed by atoms with Crippen molar-refractivity contribution in [2.45, 2.75) is 6.92 Å². The lowest BCUT2D eigenvalue weighted by Gasteiger charge is -2.01. The van der Waals surface area contributed by atoms with Gasteiger partial charge in [-0.25, -0.2) is 4.79 Å². The summed E-state index contributed by atoms with van der Waals surface area (Å²) in [5.74, 6) is -0.254. The molecule has 0 unspecified atom stereocenters. The van der Waals surface area contributed by atoms with Crippen LogP contribution < -0.4 is 5.32 Å². The second kappa shape index (κ2) is 3.86. The average molecular weight is 222 g/mol. The highest BCUT2D eigenvalue weighted by atomic mass is 32.1. The molecule has 2 N–H and O–H groups in total. The van der Waals surface area contributed by atoms with Gasteiger partial charge >= 0.3 is 5.97 Å². The van der Waals surface area contributed by atoms with Crippen LogP contribution in [0.15, 0.2) is 18.2 Å². The van der Waals surface area contributed by atoms with Gasteiger partial charge in [-0.15, -0.1) is 0 Å². The Morgan fingerprint density at radius 1 is 1.60 bits per heavy atom. The van der Waals surface area contributed by atoms with E-state index in [2.05, 4.69) is 9.69 Å². The minimum atomic E-state index is -0.917. The molecule has 0 saturated heterocycles. The maximum absolute atomic E-state index is 11.0. The van der Waals surface area contributed by atoms with Crippen LogP contribution in [-0.4, -0.2) is 22.0 Å². The Hall–Kier alpha value is -1.62. The molecule has 1 aromatic heterocycles. The van der Waals surface area contributed by atoms with Crippen molar-refractivity contribution in [1.82, 2.24) is 4.37 Å². The number of aromatic carboxylic acids is 1. The molecule has 2 aromatic rings. The molecule has 1 aromatic carbocycles. The van der Waals surface area contributed by atoms with Crippen molar-refractivity contribution < 1.29 is 9.90 Å². The third kappa shape index (κ3) is 1.66. The van der Waals surface area contributed by atoms with Crippen LogP contribution in [0.1, 0.15) is 17.3 Å². The van der Waals surface area contributed by atoms with Crippen molar-refractivity contribution in [3.63, 3.8) is 0 Å². The van der Waals surface area contributed by atoms with Crippen LogP contribution in [0.5, 0.6) is 0 Å². The highest BCUT2D eigenvalue weighted by Crippen LogP contribution is 2.29. The van der Waals surface area contributed by atoms with Crippen molar-refractivity contribution in [3.05, 3.63) is 23.8 Å². The molecular formula is C10H10N2O2S. The number of anilines is 1. The second-order valence-electron chi connectivity index (χ2n) is 3.05. The summed E-state index contributed by atoms with van der Waals surface area (Å²) in [5, 5.41) is 12.8. The minimum Gasteiger partial charge on any atom is -0.478 e. The fraction of sp³-hybridized carbons (Fsp3) is 0.200. The molecule has 0 radical (unpaired) electrons. The number of rotatable bonds is 3. The average Bonchev–Trinajstić information content (AvgIpc) is 2.62. The highest BCUT2D eigenvalue weighted by Gasteiger charge is 2.14. The summed E-state index contributed by atoms with van der Waals surface area (Å²) in [7, 11) is 0. The monoisotopic (exact) mass is 222 g/mol. The molecule has 0 spiro atoms. The number of nitrogens with one attached hydrogen (secondary N) is 1. The van der Waals surface area contributed by atoms with Gasteiger partial charge in [0.15, 0.2) is 0 Å². The first kappa shape index (κ1) is 9.92. The van der Waals surface area contributed by atoms with Crippen LogP contribution in [-0.2, 0) is 0 Å². The van der Waals surface area contributed by atoms with Crippen molar-refractivity contribution in [1.29, 1.82) is 0 Å². The normalized spacial score (nSPS) is 10.5. The van der Waals surface area contributed by atoms with E-state index in [1.165, 1.54) is 11.5 Å². The van der Waals surface area contributed by atoms with E-state index in [0.717, 1.165) is 11.2 Å². The molecule has 1 heterocycles. The number of nitrogens with zero attached hydrogens (tertiary/aromatic N) is 1. The van der Waals surface area contributed by atoms with Crippen LogP contribution >= 0.6 is 11.5 Å². The fourth-order valence-electron chi connectivity index (χ4n) is 1.46. The minimum absolute atomic E-state index is 0.303. The van der Waals surface area contributed by atoms with E-state index in [1.54, 1.807) is 12.1 Å². The van der Waals surface area contributed by atoms with Gasteiger partial charge in [0, 0.05) is 6.54 Å². The Morgan fingerprint density at radius 2 is 2.40 bits per heavy atom. The molecule has 2 rings (SSSR count). The van der Waals surface area contributed by atoms with E-state index in [4.69, 9.17) is 5.11 Å². The Balaban J connectivity index is 2.69. The molecule has 5 heteroatoms. The van der Waals surface area contributed by atoms with E-state index in [-0.39, 0.29) is 0 Å². The van der Waals surface area contributed by atoms with E-state index in [9.17, 15) is 4.79 Å². The van der Waals surface area contributed by atoms with Gasteiger partial charge in [-0.1, -0.05) is 6.07 Å². The van der Waals surface area contributed by atoms with Gasteiger partial charge in [-0.2, -0.15) is 4.37 Å². The molecule has 0 fully saturated rings. The van der Waals surface area contributed by atoms with Gasteiger partial charge in [0.1, 0.15) is 5.82 Å². The van der Waals surface area contributed by atoms with Crippen LogP contribution in [0, 0.1) is 0 Å². The first-order valence-corrected chi connectivity index (χ1v) is 5.37. The quantitative estimate of drug-likeness (QED) is 0.837. The molecular weight excluding hydrogens is 212 g/mol. The molecule has 0 saturated carbocycles. The number of carboxylic acid groups (broad SMARTS) is 1. The number of carboxylic acids is 1. The largest absolute Gasteiger partial charge is 0.478 e. The van der Waals surface area contributed by atoms with Gasteiger partial charge in [-0.05, 0) is 30.6 Å². The Bertz CT molecular complexity index is 507. The van der Waals surface area contributed by atoms with Gasteiger partial charge in [0.05, 0.1) is 15.6 Å². The molecule has 4 nitrogen and oxygen atoms in total. The molecule has 0 aliphatic heterocycles. The smallest absolute Gasteiger partial charge is 0.336 e. The Kier molecular flexibility index (Phi) is 2.55. The molecule has 0 aliphatic rings. The zero-order valence-electron chi connectivity index (χ0n) is 8.15. The number of fused-ring (bicyclic) bond motifs is 1. The SMILES string of the molecule is CCNc1nsc2cccc(C(=O)O)c12. The van der Waals surface area contributed by atoms with E-state index in [0.29, 0.717) is 16.8 Å². The summed E-state index contributed by atoms with van der Waals surface area (Å²) < 4.78 is 5.09. The van der Waals surface area contributed by atoms with E-state index >= 15 is 0 Å². The molecule has 0 bridgehead atoms. The van der Waals surface area contributed by atoms with Crippen LogP contribution in [0.3, 0.4) is 0 Å². The topological polar surface area (TPSA) is 62.2 Å². The molecule has 15 heavy (non-hydrogen) atoms. The summed E-state index contributed by atoms with van der Waals surface area (Å²) in [4.78, 5) is 11.0. The van der Waals surface area contributed by atoms with Gasteiger partial charge in [-0.3, -0.25) is 0 Å². The van der Waals surface area contributed by atoms with Gasteiger partial charge in [0.25, 0.3) is 0 Å². The van der Waals surface area contributed by atoms with E-state index in [1.807, 2.05) is 13.0 Å². The van der Waals surface area contributed by atoms with Gasteiger partial charge < -0.3 is 10.4 Å². The van der Waals surface area contributed by atoms with Crippen LogP contribution in [0.4, 0.5) is 5.82 Å². The maximum Gasteiger partial charge on any atom is 0.336 e. The summed E-state index contributed by atoms with van der Waals surface area (Å²) >= 11 is 1.31. The van der Waals surface area contributed by atoms with Crippen LogP contribution in [0.25, 0.3) is 10.1 Å². The first-order chi connectivity index (χ1) is 7.24. The lowest BCUT2D eigenvalue weighted by Crippen LogP contribution is -2.01. The lowest BCUT2D eigenvalue weighted by atomic mass is 10.1. The molecule has 0 amide bonds. The first-order valence-electron chi connectivity index (χ1n) is 4.59. The zero-order chi connectivity index (χ0) is 10.8. The zero-order valence-corrected chi connectivity index (χ0v) is 8.97. The summed E-state index contributed by atoms with van der Waals surface area (Å²) in [6.45, 7) is 2.68. The van der Waals surface area contributed by atoms with Crippen molar-refractivity contribution in [2.24, 2.45) is 0 Å². The molecule has 0 atom stereocenters. The number of hydrogen-bond acceptors (Lipinski definition) is 4. The maximum atomic E-state index is 11.0. The highest BCUT2D eigenvalue weighted by molar-refractivity contribution is 7.13. The number of benzene rings is 1. The van der Waals surface area contributed by atoms with Crippen molar-refractivity contribution in [2.75, 3.05) is 11.9 Å². The summed E-state index contributed by atoms with van der Waals surface area (Å²) in [6.07, 6.45) is 0. The van der Waals surface area contributed by atoms with Crippen molar-refractivity contribution >= 4 is 33.4 Å². The number of hydrogen-bond donors (Lipinski definition) is 2. The standard InChI is InChI=1S/C10H10N2O2S/c1-2-11-9-8-6(10(13)14)4-3-5-7(8)15-12-9/h3-5H,2H2,1H3,(H,11,12)(H,13,14). The third-order valence-corrected chi connectivity index (χ3v) is 2.88. The molecule has 78 valence electrons. The fourth-order valence-corrected chi connectivity index (χ4v) is 2.24. The number of carbonyl (C=O) groups is 1.